The van der Waals surface area contributed by atoms with E-state index in [1.807, 2.05) is 31.2 Å². The van der Waals surface area contributed by atoms with Crippen LogP contribution in [-0.4, -0.2) is 9.97 Å². The fourth-order valence-corrected chi connectivity index (χ4v) is 1.51. The minimum Gasteiger partial charge on any atom is -0.341 e. The molecule has 0 aliphatic rings. The zero-order chi connectivity index (χ0) is 10.7. The van der Waals surface area contributed by atoms with Crippen molar-refractivity contribution in [3.8, 4) is 17.5 Å². The van der Waals surface area contributed by atoms with E-state index < -0.39 is 0 Å². The SMILES string of the molecule is Cc1ccccc1-c1ncc(CC#N)[nH]1. The Morgan fingerprint density at radius 3 is 2.93 bits per heavy atom. The summed E-state index contributed by atoms with van der Waals surface area (Å²) < 4.78 is 0. The molecule has 2 rings (SSSR count). The molecule has 0 spiro atoms. The molecule has 2 aromatic rings. The van der Waals surface area contributed by atoms with Gasteiger partial charge in [-0.1, -0.05) is 24.3 Å². The van der Waals surface area contributed by atoms with Crippen LogP contribution in [0.15, 0.2) is 30.5 Å². The third-order valence-corrected chi connectivity index (χ3v) is 2.30. The molecule has 0 bridgehead atoms. The van der Waals surface area contributed by atoms with E-state index in [0.717, 1.165) is 17.1 Å². The number of hydrogen-bond acceptors (Lipinski definition) is 2. The molecule has 3 nitrogen and oxygen atoms in total. The summed E-state index contributed by atoms with van der Waals surface area (Å²) in [5, 5.41) is 8.56. The lowest BCUT2D eigenvalue weighted by molar-refractivity contribution is 1.16. The van der Waals surface area contributed by atoms with Gasteiger partial charge in [-0.25, -0.2) is 4.98 Å². The highest BCUT2D eigenvalue weighted by Gasteiger charge is 2.04. The predicted octanol–water partition coefficient (Wildman–Crippen LogP) is 2.45. The number of aryl methyl sites for hydroxylation is 1. The highest BCUT2D eigenvalue weighted by atomic mass is 14.9. The molecule has 0 saturated heterocycles. The van der Waals surface area contributed by atoms with Gasteiger partial charge in [0.25, 0.3) is 0 Å². The van der Waals surface area contributed by atoms with Crippen LogP contribution in [-0.2, 0) is 6.42 Å². The molecule has 74 valence electrons. The van der Waals surface area contributed by atoms with Gasteiger partial charge in [0, 0.05) is 17.5 Å². The molecule has 1 aromatic heterocycles. The van der Waals surface area contributed by atoms with Gasteiger partial charge in [0.15, 0.2) is 0 Å². The first-order valence-electron chi connectivity index (χ1n) is 4.78. The molecule has 1 N–H and O–H groups in total. The summed E-state index contributed by atoms with van der Waals surface area (Å²) in [5.41, 5.74) is 3.12. The molecule has 0 atom stereocenters. The Labute approximate surface area is 88.4 Å². The third kappa shape index (κ3) is 1.89. The van der Waals surface area contributed by atoms with Crippen LogP contribution in [0, 0.1) is 18.3 Å². The average Bonchev–Trinajstić information content (AvgIpc) is 2.68. The summed E-state index contributed by atoms with van der Waals surface area (Å²) in [6, 6.07) is 10.1. The molecule has 0 radical (unpaired) electrons. The van der Waals surface area contributed by atoms with Crippen LogP contribution in [0.25, 0.3) is 11.4 Å². The average molecular weight is 197 g/mol. The Hall–Kier alpha value is -2.08. The zero-order valence-electron chi connectivity index (χ0n) is 8.49. The quantitative estimate of drug-likeness (QED) is 0.803. The van der Waals surface area contributed by atoms with E-state index in [9.17, 15) is 0 Å². The lowest BCUT2D eigenvalue weighted by atomic mass is 10.1. The van der Waals surface area contributed by atoms with Gasteiger partial charge in [-0.3, -0.25) is 0 Å². The standard InChI is InChI=1S/C12H11N3/c1-9-4-2-3-5-11(9)12-14-8-10(15-12)6-7-13/h2-5,8H,6H2,1H3,(H,14,15). The smallest absolute Gasteiger partial charge is 0.137 e. The predicted molar refractivity (Wildman–Crippen MR) is 58.1 cm³/mol. The van der Waals surface area contributed by atoms with Crippen molar-refractivity contribution < 1.29 is 0 Å². The summed E-state index contributed by atoms with van der Waals surface area (Å²) in [6.07, 6.45) is 2.09. The Kier molecular flexibility index (Phi) is 2.51. The Bertz CT molecular complexity index is 506. The number of nitriles is 1. The second-order valence-corrected chi connectivity index (χ2v) is 3.41. The summed E-state index contributed by atoms with van der Waals surface area (Å²) >= 11 is 0. The first kappa shape index (κ1) is 9.47. The van der Waals surface area contributed by atoms with Gasteiger partial charge < -0.3 is 4.98 Å². The van der Waals surface area contributed by atoms with Gasteiger partial charge in [0.2, 0.25) is 0 Å². The number of nitrogens with zero attached hydrogens (tertiary/aromatic N) is 2. The summed E-state index contributed by atoms with van der Waals surface area (Å²) in [6.45, 7) is 2.04. The number of rotatable bonds is 2. The van der Waals surface area contributed by atoms with Crippen molar-refractivity contribution >= 4 is 0 Å². The monoisotopic (exact) mass is 197 g/mol. The van der Waals surface area contributed by atoms with Crippen LogP contribution in [0.5, 0.6) is 0 Å². The van der Waals surface area contributed by atoms with Crippen molar-refractivity contribution in [1.82, 2.24) is 9.97 Å². The topological polar surface area (TPSA) is 52.5 Å². The van der Waals surface area contributed by atoms with Crippen LogP contribution in [0.2, 0.25) is 0 Å². The van der Waals surface area contributed by atoms with Crippen molar-refractivity contribution in [2.24, 2.45) is 0 Å². The molecule has 15 heavy (non-hydrogen) atoms. The van der Waals surface area contributed by atoms with Gasteiger partial charge in [-0.2, -0.15) is 5.26 Å². The van der Waals surface area contributed by atoms with Crippen molar-refractivity contribution in [3.63, 3.8) is 0 Å². The van der Waals surface area contributed by atoms with E-state index in [1.165, 1.54) is 5.56 Å². The van der Waals surface area contributed by atoms with Crippen LogP contribution in [0.3, 0.4) is 0 Å². The number of H-pyrrole nitrogens is 1. The van der Waals surface area contributed by atoms with E-state index in [1.54, 1.807) is 6.20 Å². The van der Waals surface area contributed by atoms with E-state index in [0.29, 0.717) is 6.42 Å². The van der Waals surface area contributed by atoms with Gasteiger partial charge >= 0.3 is 0 Å². The molecule has 1 aromatic carbocycles. The zero-order valence-corrected chi connectivity index (χ0v) is 8.49. The molecular formula is C12H11N3. The molecule has 0 amide bonds. The highest BCUT2D eigenvalue weighted by molar-refractivity contribution is 5.59. The second-order valence-electron chi connectivity index (χ2n) is 3.41. The molecule has 0 fully saturated rings. The van der Waals surface area contributed by atoms with Crippen LogP contribution >= 0.6 is 0 Å². The second kappa shape index (κ2) is 3.97. The van der Waals surface area contributed by atoms with Gasteiger partial charge in [-0.05, 0) is 12.5 Å². The Morgan fingerprint density at radius 1 is 1.40 bits per heavy atom. The van der Waals surface area contributed by atoms with E-state index in [4.69, 9.17) is 5.26 Å². The molecule has 0 unspecified atom stereocenters. The molecule has 3 heteroatoms. The molecule has 1 heterocycles. The van der Waals surface area contributed by atoms with Gasteiger partial charge in [-0.15, -0.1) is 0 Å². The lowest BCUT2D eigenvalue weighted by Crippen LogP contribution is -1.85. The first-order chi connectivity index (χ1) is 7.31. The first-order valence-corrected chi connectivity index (χ1v) is 4.78. The van der Waals surface area contributed by atoms with Gasteiger partial charge in [0.1, 0.15) is 5.82 Å². The molecular weight excluding hydrogens is 186 g/mol. The largest absolute Gasteiger partial charge is 0.341 e. The molecule has 0 saturated carbocycles. The number of benzene rings is 1. The van der Waals surface area contributed by atoms with Gasteiger partial charge in [0.05, 0.1) is 12.5 Å². The number of imidazole rings is 1. The van der Waals surface area contributed by atoms with E-state index >= 15 is 0 Å². The van der Waals surface area contributed by atoms with Crippen molar-refractivity contribution in [2.45, 2.75) is 13.3 Å². The minimum absolute atomic E-state index is 0.374. The maximum atomic E-state index is 8.56. The lowest BCUT2D eigenvalue weighted by Gasteiger charge is -2.00. The fourth-order valence-electron chi connectivity index (χ4n) is 1.51. The number of hydrogen-bond donors (Lipinski definition) is 1. The van der Waals surface area contributed by atoms with Crippen LogP contribution in [0.4, 0.5) is 0 Å². The van der Waals surface area contributed by atoms with Crippen LogP contribution < -0.4 is 0 Å². The van der Waals surface area contributed by atoms with Crippen molar-refractivity contribution in [2.75, 3.05) is 0 Å². The number of aromatic amines is 1. The summed E-state index contributed by atoms with van der Waals surface area (Å²) in [7, 11) is 0. The molecule has 0 aliphatic carbocycles. The minimum atomic E-state index is 0.374. The number of aromatic nitrogens is 2. The number of nitrogens with one attached hydrogen (secondary N) is 1. The van der Waals surface area contributed by atoms with Crippen molar-refractivity contribution in [3.05, 3.63) is 41.7 Å². The van der Waals surface area contributed by atoms with Crippen molar-refractivity contribution in [1.29, 1.82) is 5.26 Å². The van der Waals surface area contributed by atoms with E-state index in [-0.39, 0.29) is 0 Å². The van der Waals surface area contributed by atoms with E-state index in [2.05, 4.69) is 16.0 Å². The maximum absolute atomic E-state index is 8.56. The summed E-state index contributed by atoms with van der Waals surface area (Å²) in [5.74, 6) is 0.832. The third-order valence-electron chi connectivity index (χ3n) is 2.30. The Morgan fingerprint density at radius 2 is 2.20 bits per heavy atom. The van der Waals surface area contributed by atoms with Crippen LogP contribution in [0.1, 0.15) is 11.3 Å². The fraction of sp³-hybridized carbons (Fsp3) is 0.167. The maximum Gasteiger partial charge on any atom is 0.137 e. The molecule has 0 aliphatic heterocycles. The summed E-state index contributed by atoms with van der Waals surface area (Å²) in [4.78, 5) is 7.40. The highest BCUT2D eigenvalue weighted by Crippen LogP contribution is 2.19. The normalized spacial score (nSPS) is 9.87. The Balaban J connectivity index is 2.38.